The first-order valence-electron chi connectivity index (χ1n) is 8.22. The molecule has 8 heteroatoms. The van der Waals surface area contributed by atoms with Crippen molar-refractivity contribution < 1.29 is 19.1 Å². The lowest BCUT2D eigenvalue weighted by atomic mass is 9.99. The molecular weight excluding hydrogens is 354 g/mol. The van der Waals surface area contributed by atoms with Gasteiger partial charge in [0.2, 0.25) is 5.78 Å². The first-order valence-corrected chi connectivity index (χ1v) is 9.04. The van der Waals surface area contributed by atoms with Crippen LogP contribution >= 0.6 is 11.3 Å². The summed E-state index contributed by atoms with van der Waals surface area (Å²) >= 11 is 1.26. The maximum atomic E-state index is 13.1. The van der Waals surface area contributed by atoms with Gasteiger partial charge in [-0.05, 0) is 40.1 Å². The number of carbonyl (C=O) groups is 2. The number of aromatic nitrogens is 1. The van der Waals surface area contributed by atoms with Gasteiger partial charge in [-0.3, -0.25) is 9.59 Å². The van der Waals surface area contributed by atoms with E-state index in [0.717, 1.165) is 5.01 Å². The monoisotopic (exact) mass is 375 g/mol. The van der Waals surface area contributed by atoms with Crippen LogP contribution in [0.2, 0.25) is 0 Å². The van der Waals surface area contributed by atoms with Crippen LogP contribution in [-0.2, 0) is 4.79 Å². The van der Waals surface area contributed by atoms with Crippen molar-refractivity contribution in [3.63, 3.8) is 0 Å². The summed E-state index contributed by atoms with van der Waals surface area (Å²) in [6.07, 6.45) is 1.49. The Kier molecular flexibility index (Phi) is 4.97. The van der Waals surface area contributed by atoms with Crippen LogP contribution in [0.4, 0.5) is 0 Å². The van der Waals surface area contributed by atoms with Crippen LogP contribution in [-0.4, -0.2) is 58.8 Å². The molecule has 1 aliphatic heterocycles. The number of aliphatic hydroxyl groups is 1. The number of aliphatic hydroxyl groups excluding tert-OH is 1. The molecule has 0 saturated carbocycles. The zero-order chi connectivity index (χ0) is 19.0. The third kappa shape index (κ3) is 3.17. The molecule has 1 amide bonds. The lowest BCUT2D eigenvalue weighted by Gasteiger charge is -2.26. The van der Waals surface area contributed by atoms with Crippen molar-refractivity contribution in [2.24, 2.45) is 0 Å². The number of hydrogen-bond acceptors (Lipinski definition) is 7. The fourth-order valence-electron chi connectivity index (χ4n) is 3.03. The van der Waals surface area contributed by atoms with Crippen molar-refractivity contribution in [3.8, 4) is 0 Å². The van der Waals surface area contributed by atoms with Crippen LogP contribution in [0.3, 0.4) is 0 Å². The highest BCUT2D eigenvalue weighted by molar-refractivity contribution is 7.14. The summed E-state index contributed by atoms with van der Waals surface area (Å²) < 4.78 is 5.49. The number of furan rings is 1. The smallest absolute Gasteiger partial charge is 0.290 e. The lowest BCUT2D eigenvalue weighted by molar-refractivity contribution is -0.129. The van der Waals surface area contributed by atoms with E-state index in [-0.39, 0.29) is 11.4 Å². The molecule has 26 heavy (non-hydrogen) atoms. The number of hydrogen-bond donors (Lipinski definition) is 1. The Bertz CT molecular complexity index is 867. The number of ketones is 1. The molecule has 1 N–H and O–H groups in total. The minimum atomic E-state index is -0.744. The second-order valence-electron chi connectivity index (χ2n) is 6.46. The van der Waals surface area contributed by atoms with E-state index < -0.39 is 17.7 Å². The van der Waals surface area contributed by atoms with Gasteiger partial charge in [0.05, 0.1) is 27.4 Å². The predicted octanol–water partition coefficient (Wildman–Crippen LogP) is 2.49. The summed E-state index contributed by atoms with van der Waals surface area (Å²) in [7, 11) is 3.79. The SMILES string of the molecule is Cc1nc(C)c(C(=O)C2=C(O)C(=O)N(CCN(C)C)[C@H]2c2ccco2)s1. The van der Waals surface area contributed by atoms with Gasteiger partial charge in [0.15, 0.2) is 5.76 Å². The molecule has 0 unspecified atom stereocenters. The molecule has 0 bridgehead atoms. The summed E-state index contributed by atoms with van der Waals surface area (Å²) in [4.78, 5) is 33.9. The fraction of sp³-hybridized carbons (Fsp3) is 0.389. The fourth-order valence-corrected chi connectivity index (χ4v) is 3.90. The molecule has 1 atom stereocenters. The van der Waals surface area contributed by atoms with Crippen LogP contribution < -0.4 is 0 Å². The zero-order valence-corrected chi connectivity index (χ0v) is 16.0. The van der Waals surface area contributed by atoms with Crippen LogP contribution in [0.25, 0.3) is 0 Å². The minimum absolute atomic E-state index is 0.0513. The van der Waals surface area contributed by atoms with Gasteiger partial charge >= 0.3 is 0 Å². The average Bonchev–Trinajstić information content (AvgIpc) is 3.26. The van der Waals surface area contributed by atoms with Crippen LogP contribution in [0.1, 0.15) is 32.2 Å². The number of nitrogens with zero attached hydrogens (tertiary/aromatic N) is 3. The molecule has 0 aromatic carbocycles. The molecule has 138 valence electrons. The van der Waals surface area contributed by atoms with Gasteiger partial charge in [0.25, 0.3) is 5.91 Å². The van der Waals surface area contributed by atoms with E-state index in [0.29, 0.717) is 29.4 Å². The van der Waals surface area contributed by atoms with E-state index in [1.165, 1.54) is 22.5 Å². The highest BCUT2D eigenvalue weighted by Gasteiger charge is 2.45. The Morgan fingerprint density at radius 1 is 1.42 bits per heavy atom. The van der Waals surface area contributed by atoms with Gasteiger partial charge in [-0.2, -0.15) is 0 Å². The van der Waals surface area contributed by atoms with Gasteiger partial charge < -0.3 is 19.3 Å². The van der Waals surface area contributed by atoms with Crippen LogP contribution in [0, 0.1) is 13.8 Å². The summed E-state index contributed by atoms with van der Waals surface area (Å²) in [5.74, 6) is -1.01. The number of thiazole rings is 1. The normalized spacial score (nSPS) is 17.7. The van der Waals surface area contributed by atoms with Crippen molar-refractivity contribution in [3.05, 3.63) is 51.1 Å². The summed E-state index contributed by atoms with van der Waals surface area (Å²) in [5.41, 5.74) is 0.644. The van der Waals surface area contributed by atoms with E-state index in [4.69, 9.17) is 4.42 Å². The summed E-state index contributed by atoms with van der Waals surface area (Å²) in [6, 6.07) is 2.66. The molecule has 7 nitrogen and oxygen atoms in total. The van der Waals surface area contributed by atoms with Gasteiger partial charge in [0, 0.05) is 13.1 Å². The molecule has 0 spiro atoms. The Labute approximate surface area is 155 Å². The highest BCUT2D eigenvalue weighted by Crippen LogP contribution is 2.40. The van der Waals surface area contributed by atoms with Gasteiger partial charge in [-0.1, -0.05) is 0 Å². The Morgan fingerprint density at radius 3 is 2.69 bits per heavy atom. The van der Waals surface area contributed by atoms with Gasteiger partial charge in [-0.15, -0.1) is 11.3 Å². The third-order valence-corrected chi connectivity index (χ3v) is 5.33. The molecule has 0 aliphatic carbocycles. The van der Waals surface area contributed by atoms with Crippen LogP contribution in [0.15, 0.2) is 34.1 Å². The highest BCUT2D eigenvalue weighted by atomic mass is 32.1. The zero-order valence-electron chi connectivity index (χ0n) is 15.1. The second-order valence-corrected chi connectivity index (χ2v) is 7.66. The van der Waals surface area contributed by atoms with Gasteiger partial charge in [-0.25, -0.2) is 4.98 Å². The average molecular weight is 375 g/mol. The van der Waals surface area contributed by atoms with Crippen LogP contribution in [0.5, 0.6) is 0 Å². The van der Waals surface area contributed by atoms with E-state index >= 15 is 0 Å². The second kappa shape index (κ2) is 7.05. The molecule has 2 aromatic heterocycles. The maximum Gasteiger partial charge on any atom is 0.290 e. The molecule has 2 aromatic rings. The van der Waals surface area contributed by atoms with E-state index in [1.807, 2.05) is 25.9 Å². The minimum Gasteiger partial charge on any atom is -0.503 e. The molecule has 3 rings (SSSR count). The summed E-state index contributed by atoms with van der Waals surface area (Å²) in [6.45, 7) is 4.52. The van der Waals surface area contributed by atoms with E-state index in [9.17, 15) is 14.7 Å². The molecule has 0 fully saturated rings. The Morgan fingerprint density at radius 2 is 2.15 bits per heavy atom. The number of amides is 1. The molecule has 0 saturated heterocycles. The van der Waals surface area contributed by atoms with Crippen molar-refractivity contribution in [2.75, 3.05) is 27.2 Å². The standard InChI is InChI=1S/C18H21N3O4S/c1-10-17(26-11(2)19-10)15(22)13-14(12-6-5-9-25-12)21(8-7-20(3)4)18(24)16(13)23/h5-6,9,14,23H,7-8H2,1-4H3/t14-/m0/s1. The van der Waals surface area contributed by atoms with Crippen molar-refractivity contribution in [2.45, 2.75) is 19.9 Å². The van der Waals surface area contributed by atoms with Gasteiger partial charge in [0.1, 0.15) is 11.8 Å². The number of Topliss-reactive ketones (excluding diaryl/α,β-unsaturated/α-hetero) is 1. The number of carbonyl (C=O) groups excluding carboxylic acids is 2. The number of aryl methyl sites for hydroxylation is 2. The molecular formula is C18H21N3O4S. The lowest BCUT2D eigenvalue weighted by Crippen LogP contribution is -2.36. The molecule has 1 aliphatic rings. The molecule has 0 radical (unpaired) electrons. The number of rotatable bonds is 6. The third-order valence-electron chi connectivity index (χ3n) is 4.26. The van der Waals surface area contributed by atoms with Crippen molar-refractivity contribution in [1.29, 1.82) is 0 Å². The Balaban J connectivity index is 2.04. The predicted molar refractivity (Wildman–Crippen MR) is 97.3 cm³/mol. The Hall–Kier alpha value is -2.45. The molecule has 3 heterocycles. The first-order chi connectivity index (χ1) is 12.3. The van der Waals surface area contributed by atoms with E-state index in [2.05, 4.69) is 4.98 Å². The number of likely N-dealkylation sites (N-methyl/N-ethyl adjacent to an activating group) is 1. The largest absolute Gasteiger partial charge is 0.503 e. The quantitative estimate of drug-likeness (QED) is 0.781. The van der Waals surface area contributed by atoms with E-state index in [1.54, 1.807) is 19.1 Å². The summed E-state index contributed by atoms with van der Waals surface area (Å²) in [5, 5.41) is 11.2. The van der Waals surface area contributed by atoms with Crippen molar-refractivity contribution in [1.82, 2.24) is 14.8 Å². The maximum absolute atomic E-state index is 13.1. The first kappa shape index (κ1) is 18.3. The van der Waals surface area contributed by atoms with Crippen molar-refractivity contribution >= 4 is 23.0 Å². The topological polar surface area (TPSA) is 86.9 Å².